The molecule has 0 amide bonds. The van der Waals surface area contributed by atoms with Crippen LogP contribution in [0, 0.1) is 0 Å². The van der Waals surface area contributed by atoms with Gasteiger partial charge in [0.15, 0.2) is 0 Å². The minimum absolute atomic E-state index is 0.269. The highest BCUT2D eigenvalue weighted by Gasteiger charge is 2.33. The molecule has 19 heavy (non-hydrogen) atoms. The molecule has 0 aliphatic rings. The Balaban J connectivity index is 2.29. The van der Waals surface area contributed by atoms with E-state index in [2.05, 4.69) is 0 Å². The summed E-state index contributed by atoms with van der Waals surface area (Å²) in [5, 5.41) is 0. The summed E-state index contributed by atoms with van der Waals surface area (Å²) in [6.45, 7) is 0. The summed E-state index contributed by atoms with van der Waals surface area (Å²) < 4.78 is 38.1. The maximum absolute atomic E-state index is 12.7. The number of anilines is 2. The van der Waals surface area contributed by atoms with Gasteiger partial charge in [-0.3, -0.25) is 0 Å². The molecule has 0 heterocycles. The molecule has 2 nitrogen and oxygen atoms in total. The van der Waals surface area contributed by atoms with Crippen molar-refractivity contribution in [1.82, 2.24) is 0 Å². The molecule has 0 aliphatic heterocycles. The van der Waals surface area contributed by atoms with Crippen molar-refractivity contribution < 1.29 is 13.2 Å². The van der Waals surface area contributed by atoms with Gasteiger partial charge in [-0.25, -0.2) is 0 Å². The van der Waals surface area contributed by atoms with Crippen LogP contribution in [-0.4, -0.2) is 0 Å². The molecule has 0 fully saturated rings. The molecule has 6 heteroatoms. The lowest BCUT2D eigenvalue weighted by Crippen LogP contribution is -2.08. The minimum atomic E-state index is -4.44. The highest BCUT2D eigenvalue weighted by Crippen LogP contribution is 2.37. The van der Waals surface area contributed by atoms with Crippen molar-refractivity contribution in [2.45, 2.75) is 16.0 Å². The van der Waals surface area contributed by atoms with E-state index >= 15 is 0 Å². The lowest BCUT2D eigenvalue weighted by molar-refractivity contribution is -0.137. The second-order valence-electron chi connectivity index (χ2n) is 3.92. The third kappa shape index (κ3) is 3.35. The fraction of sp³-hybridized carbons (Fsp3) is 0.0769. The van der Waals surface area contributed by atoms with Crippen LogP contribution in [0.4, 0.5) is 24.5 Å². The summed E-state index contributed by atoms with van der Waals surface area (Å²) in [6.07, 6.45) is -4.44. The quantitative estimate of drug-likeness (QED) is 0.819. The highest BCUT2D eigenvalue weighted by molar-refractivity contribution is 7.99. The Morgan fingerprint density at radius 2 is 1.42 bits per heavy atom. The number of nitrogen functional groups attached to an aromatic ring is 2. The molecule has 2 aromatic rings. The summed E-state index contributed by atoms with van der Waals surface area (Å²) in [7, 11) is 0. The van der Waals surface area contributed by atoms with E-state index in [9.17, 15) is 13.2 Å². The van der Waals surface area contributed by atoms with Crippen molar-refractivity contribution in [3.8, 4) is 0 Å². The highest BCUT2D eigenvalue weighted by atomic mass is 32.2. The van der Waals surface area contributed by atoms with Crippen LogP contribution in [0.25, 0.3) is 0 Å². The summed E-state index contributed by atoms with van der Waals surface area (Å²) >= 11 is 1.22. The van der Waals surface area contributed by atoms with Crippen molar-refractivity contribution in [3.63, 3.8) is 0 Å². The zero-order valence-corrected chi connectivity index (χ0v) is 10.6. The summed E-state index contributed by atoms with van der Waals surface area (Å²) in [5.41, 5.74) is 10.4. The average Bonchev–Trinajstić information content (AvgIpc) is 2.33. The molecule has 2 aromatic carbocycles. The number of benzene rings is 2. The zero-order chi connectivity index (χ0) is 14.0. The first-order valence-corrected chi connectivity index (χ1v) is 6.18. The van der Waals surface area contributed by atoms with Gasteiger partial charge in [0.05, 0.1) is 5.56 Å². The van der Waals surface area contributed by atoms with Gasteiger partial charge in [0.2, 0.25) is 0 Å². The molecule has 0 atom stereocenters. The number of alkyl halides is 3. The predicted octanol–water partition coefficient (Wildman–Crippen LogP) is 4.02. The van der Waals surface area contributed by atoms with Gasteiger partial charge in [-0.2, -0.15) is 13.2 Å². The minimum Gasteiger partial charge on any atom is -0.399 e. The zero-order valence-electron chi connectivity index (χ0n) is 9.74. The number of nitrogens with two attached hydrogens (primary N) is 2. The lowest BCUT2D eigenvalue weighted by atomic mass is 10.2. The van der Waals surface area contributed by atoms with Gasteiger partial charge in [0.25, 0.3) is 0 Å². The Morgan fingerprint density at radius 1 is 0.842 bits per heavy atom. The largest absolute Gasteiger partial charge is 0.418 e. The first-order valence-electron chi connectivity index (χ1n) is 5.36. The van der Waals surface area contributed by atoms with Gasteiger partial charge in [-0.05, 0) is 42.5 Å². The Kier molecular flexibility index (Phi) is 3.61. The lowest BCUT2D eigenvalue weighted by Gasteiger charge is -2.11. The van der Waals surface area contributed by atoms with Crippen LogP contribution in [0.3, 0.4) is 0 Å². The number of halogens is 3. The first-order chi connectivity index (χ1) is 8.86. The third-order valence-electron chi connectivity index (χ3n) is 2.45. The van der Waals surface area contributed by atoms with E-state index in [1.165, 1.54) is 17.8 Å². The smallest absolute Gasteiger partial charge is 0.399 e. The number of hydrogen-bond acceptors (Lipinski definition) is 3. The third-order valence-corrected chi connectivity index (χ3v) is 3.44. The molecule has 0 bridgehead atoms. The first kappa shape index (κ1) is 13.6. The van der Waals surface area contributed by atoms with E-state index in [-0.39, 0.29) is 5.69 Å². The monoisotopic (exact) mass is 284 g/mol. The van der Waals surface area contributed by atoms with E-state index in [0.717, 1.165) is 11.0 Å². The molecule has 0 radical (unpaired) electrons. The standard InChI is InChI=1S/C13H11F3N2S/c14-13(15,16)11-7-10(5-6-12(11)18)19-9-3-1-8(17)2-4-9/h1-7H,17-18H2. The van der Waals surface area contributed by atoms with E-state index in [4.69, 9.17) is 11.5 Å². The van der Waals surface area contributed by atoms with E-state index in [0.29, 0.717) is 10.6 Å². The molecule has 100 valence electrons. The molecular formula is C13H11F3N2S. The van der Waals surface area contributed by atoms with E-state index in [1.807, 2.05) is 0 Å². The van der Waals surface area contributed by atoms with Crippen LogP contribution >= 0.6 is 11.8 Å². The van der Waals surface area contributed by atoms with Gasteiger partial charge < -0.3 is 11.5 Å². The Bertz CT molecular complexity index is 579. The van der Waals surface area contributed by atoms with Crippen LogP contribution in [-0.2, 0) is 6.18 Å². The Labute approximate surface area is 112 Å². The molecule has 2 rings (SSSR count). The van der Waals surface area contributed by atoms with Crippen molar-refractivity contribution in [2.24, 2.45) is 0 Å². The summed E-state index contributed by atoms with van der Waals surface area (Å²) in [5.74, 6) is 0. The fourth-order valence-electron chi connectivity index (χ4n) is 1.52. The normalized spacial score (nSPS) is 11.5. The molecule has 0 aliphatic carbocycles. The van der Waals surface area contributed by atoms with Crippen LogP contribution in [0.5, 0.6) is 0 Å². The van der Waals surface area contributed by atoms with Gasteiger partial charge in [-0.1, -0.05) is 11.8 Å². The van der Waals surface area contributed by atoms with Crippen LogP contribution in [0.15, 0.2) is 52.3 Å². The van der Waals surface area contributed by atoms with Gasteiger partial charge >= 0.3 is 6.18 Å². The Morgan fingerprint density at radius 3 is 2.00 bits per heavy atom. The fourth-order valence-corrected chi connectivity index (χ4v) is 2.37. The Hall–Kier alpha value is -1.82. The van der Waals surface area contributed by atoms with Crippen molar-refractivity contribution >= 4 is 23.1 Å². The molecule has 0 unspecified atom stereocenters. The second-order valence-corrected chi connectivity index (χ2v) is 5.06. The summed E-state index contributed by atoms with van der Waals surface area (Å²) in [4.78, 5) is 1.29. The van der Waals surface area contributed by atoms with E-state index < -0.39 is 11.7 Å². The maximum Gasteiger partial charge on any atom is 0.418 e. The molecule has 0 saturated heterocycles. The summed E-state index contributed by atoms with van der Waals surface area (Å²) in [6, 6.07) is 10.8. The SMILES string of the molecule is Nc1ccc(Sc2ccc(N)c(C(F)(F)F)c2)cc1. The van der Waals surface area contributed by atoms with Crippen molar-refractivity contribution in [2.75, 3.05) is 11.5 Å². The van der Waals surface area contributed by atoms with Gasteiger partial charge in [0.1, 0.15) is 0 Å². The van der Waals surface area contributed by atoms with Crippen molar-refractivity contribution in [1.29, 1.82) is 0 Å². The molecular weight excluding hydrogens is 273 g/mol. The number of hydrogen-bond donors (Lipinski definition) is 2. The van der Waals surface area contributed by atoms with Gasteiger partial charge in [-0.15, -0.1) is 0 Å². The predicted molar refractivity (Wildman–Crippen MR) is 70.8 cm³/mol. The van der Waals surface area contributed by atoms with Crippen LogP contribution in [0.1, 0.15) is 5.56 Å². The average molecular weight is 284 g/mol. The molecule has 0 aromatic heterocycles. The van der Waals surface area contributed by atoms with Gasteiger partial charge in [0, 0.05) is 21.2 Å². The van der Waals surface area contributed by atoms with Crippen molar-refractivity contribution in [3.05, 3.63) is 48.0 Å². The number of rotatable bonds is 2. The van der Waals surface area contributed by atoms with Crippen LogP contribution < -0.4 is 11.5 Å². The second kappa shape index (κ2) is 5.05. The molecule has 0 spiro atoms. The molecule has 0 saturated carbocycles. The molecule has 4 N–H and O–H groups in total. The van der Waals surface area contributed by atoms with Crippen LogP contribution in [0.2, 0.25) is 0 Å². The topological polar surface area (TPSA) is 52.0 Å². The van der Waals surface area contributed by atoms with E-state index in [1.54, 1.807) is 30.3 Å². The maximum atomic E-state index is 12.7.